The van der Waals surface area contributed by atoms with Gasteiger partial charge >= 0.3 is 5.97 Å². The van der Waals surface area contributed by atoms with Crippen LogP contribution in [0.4, 0.5) is 0 Å². The van der Waals surface area contributed by atoms with E-state index in [9.17, 15) is 4.79 Å². The Morgan fingerprint density at radius 1 is 1.44 bits per heavy atom. The van der Waals surface area contributed by atoms with Crippen LogP contribution in [0.5, 0.6) is 5.75 Å². The molecule has 0 spiro atoms. The molecule has 0 heterocycles. The van der Waals surface area contributed by atoms with Gasteiger partial charge in [0, 0.05) is 19.2 Å². The van der Waals surface area contributed by atoms with Gasteiger partial charge in [0.25, 0.3) is 0 Å². The summed E-state index contributed by atoms with van der Waals surface area (Å²) in [5.41, 5.74) is 1.16. The first-order chi connectivity index (χ1) is 8.63. The van der Waals surface area contributed by atoms with Gasteiger partial charge < -0.3 is 14.7 Å². The number of hydrogen-bond donors (Lipinski definition) is 1. The van der Waals surface area contributed by atoms with Crippen molar-refractivity contribution in [2.75, 3.05) is 27.2 Å². The molecule has 1 rings (SSSR count). The van der Waals surface area contributed by atoms with Crippen molar-refractivity contribution in [2.24, 2.45) is 0 Å². The molecule has 0 saturated carbocycles. The van der Waals surface area contributed by atoms with Crippen molar-refractivity contribution in [3.63, 3.8) is 0 Å². The van der Waals surface area contributed by atoms with Gasteiger partial charge in [-0.05, 0) is 25.1 Å². The molecule has 1 aromatic carbocycles. The highest BCUT2D eigenvalue weighted by atomic mass is 16.5. The second kappa shape index (κ2) is 7.50. The number of aliphatic carboxylic acids is 1. The lowest BCUT2D eigenvalue weighted by Gasteiger charge is -2.15. The highest BCUT2D eigenvalue weighted by Gasteiger charge is 2.03. The number of para-hydroxylation sites is 1. The molecule has 1 N–H and O–H groups in total. The van der Waals surface area contributed by atoms with E-state index in [0.29, 0.717) is 6.54 Å². The van der Waals surface area contributed by atoms with Crippen LogP contribution < -0.4 is 4.74 Å². The zero-order valence-corrected chi connectivity index (χ0v) is 10.8. The normalized spacial score (nSPS) is 11.1. The summed E-state index contributed by atoms with van der Waals surface area (Å²) in [6.45, 7) is 1.48. The molecule has 1 aromatic rings. The Morgan fingerprint density at radius 2 is 2.17 bits per heavy atom. The quantitative estimate of drug-likeness (QED) is 0.749. The molecule has 98 valence electrons. The van der Waals surface area contributed by atoms with Gasteiger partial charge in [-0.2, -0.15) is 0 Å². The molecule has 0 fully saturated rings. The molecule has 0 bridgehead atoms. The summed E-state index contributed by atoms with van der Waals surface area (Å²) in [5, 5.41) is 8.48. The third-order valence-electron chi connectivity index (χ3n) is 2.63. The standard InChI is InChI=1S/C14H19NO3/c1-15(10-5-8-14(16)17)11-9-12-6-3-4-7-13(12)18-2/h3-8H,9-11H2,1-2H3,(H,16,17)/b8-5+. The van der Waals surface area contributed by atoms with Crippen LogP contribution >= 0.6 is 0 Å². The van der Waals surface area contributed by atoms with Gasteiger partial charge in [-0.1, -0.05) is 24.3 Å². The second-order valence-electron chi connectivity index (χ2n) is 4.06. The van der Waals surface area contributed by atoms with Gasteiger partial charge in [0.05, 0.1) is 7.11 Å². The molecule has 0 saturated heterocycles. The maximum atomic E-state index is 10.3. The van der Waals surface area contributed by atoms with E-state index >= 15 is 0 Å². The summed E-state index contributed by atoms with van der Waals surface area (Å²) in [5.74, 6) is -0.0138. The smallest absolute Gasteiger partial charge is 0.328 e. The Morgan fingerprint density at radius 3 is 2.83 bits per heavy atom. The van der Waals surface area contributed by atoms with E-state index in [-0.39, 0.29) is 0 Å². The third-order valence-corrected chi connectivity index (χ3v) is 2.63. The molecule has 0 aliphatic carbocycles. The van der Waals surface area contributed by atoms with E-state index in [2.05, 4.69) is 4.90 Å². The van der Waals surface area contributed by atoms with Crippen LogP contribution in [0.2, 0.25) is 0 Å². The maximum absolute atomic E-state index is 10.3. The van der Waals surface area contributed by atoms with Gasteiger partial charge in [-0.25, -0.2) is 4.79 Å². The number of carbonyl (C=O) groups is 1. The zero-order chi connectivity index (χ0) is 13.4. The van der Waals surface area contributed by atoms with Crippen molar-refractivity contribution in [3.05, 3.63) is 42.0 Å². The average molecular weight is 249 g/mol. The molecule has 0 amide bonds. The monoisotopic (exact) mass is 249 g/mol. The van der Waals surface area contributed by atoms with E-state index in [1.807, 2.05) is 31.3 Å². The molecule has 0 aliphatic heterocycles. The Hall–Kier alpha value is -1.81. The van der Waals surface area contributed by atoms with Gasteiger partial charge in [0.15, 0.2) is 0 Å². The lowest BCUT2D eigenvalue weighted by molar-refractivity contribution is -0.131. The van der Waals surface area contributed by atoms with Crippen LogP contribution in [-0.4, -0.2) is 43.2 Å². The number of methoxy groups -OCH3 is 1. The minimum Gasteiger partial charge on any atom is -0.496 e. The second-order valence-corrected chi connectivity index (χ2v) is 4.06. The first kappa shape index (κ1) is 14.3. The molecule has 18 heavy (non-hydrogen) atoms. The van der Waals surface area contributed by atoms with Crippen LogP contribution in [-0.2, 0) is 11.2 Å². The number of nitrogens with zero attached hydrogens (tertiary/aromatic N) is 1. The minimum absolute atomic E-state index is 0.626. The molecule has 0 aromatic heterocycles. The van der Waals surface area contributed by atoms with E-state index in [1.165, 1.54) is 6.08 Å². The predicted molar refractivity (Wildman–Crippen MR) is 71.0 cm³/mol. The van der Waals surface area contributed by atoms with Crippen LogP contribution in [0.25, 0.3) is 0 Å². The number of carboxylic acid groups (broad SMARTS) is 1. The molecule has 0 radical (unpaired) electrons. The Balaban J connectivity index is 2.42. The SMILES string of the molecule is COc1ccccc1CCN(C)C/C=C/C(=O)O. The third kappa shape index (κ3) is 5.01. The number of benzene rings is 1. The molecular weight excluding hydrogens is 230 g/mol. The van der Waals surface area contributed by atoms with E-state index in [1.54, 1.807) is 13.2 Å². The average Bonchev–Trinajstić information content (AvgIpc) is 2.36. The predicted octanol–water partition coefficient (Wildman–Crippen LogP) is 1.81. The summed E-state index contributed by atoms with van der Waals surface area (Å²) in [6, 6.07) is 7.92. The molecule has 0 unspecified atom stereocenters. The van der Waals surface area contributed by atoms with Crippen molar-refractivity contribution >= 4 is 5.97 Å². The molecular formula is C14H19NO3. The fraction of sp³-hybridized carbons (Fsp3) is 0.357. The van der Waals surface area contributed by atoms with E-state index in [0.717, 1.165) is 24.3 Å². The van der Waals surface area contributed by atoms with Crippen molar-refractivity contribution in [1.29, 1.82) is 0 Å². The highest BCUT2D eigenvalue weighted by Crippen LogP contribution is 2.17. The van der Waals surface area contributed by atoms with Crippen LogP contribution in [0, 0.1) is 0 Å². The van der Waals surface area contributed by atoms with Gasteiger partial charge in [0.2, 0.25) is 0 Å². The summed E-state index contributed by atoms with van der Waals surface area (Å²) in [7, 11) is 3.62. The molecule has 0 atom stereocenters. The first-order valence-electron chi connectivity index (χ1n) is 5.83. The van der Waals surface area contributed by atoms with Crippen molar-refractivity contribution in [3.8, 4) is 5.75 Å². The van der Waals surface area contributed by atoms with Crippen molar-refractivity contribution in [1.82, 2.24) is 4.90 Å². The molecule has 4 nitrogen and oxygen atoms in total. The lowest BCUT2D eigenvalue weighted by atomic mass is 10.1. The van der Waals surface area contributed by atoms with Crippen LogP contribution in [0.1, 0.15) is 5.56 Å². The van der Waals surface area contributed by atoms with Gasteiger partial charge in [0.1, 0.15) is 5.75 Å². The number of ether oxygens (including phenoxy) is 1. The number of hydrogen-bond acceptors (Lipinski definition) is 3. The number of carboxylic acids is 1. The molecule has 0 aliphatic rings. The summed E-state index contributed by atoms with van der Waals surface area (Å²) in [4.78, 5) is 12.4. The lowest BCUT2D eigenvalue weighted by Crippen LogP contribution is -2.21. The first-order valence-corrected chi connectivity index (χ1v) is 5.83. The highest BCUT2D eigenvalue weighted by molar-refractivity contribution is 5.79. The Bertz CT molecular complexity index is 415. The zero-order valence-electron chi connectivity index (χ0n) is 10.8. The Labute approximate surface area is 107 Å². The topological polar surface area (TPSA) is 49.8 Å². The Kier molecular flexibility index (Phi) is 5.94. The van der Waals surface area contributed by atoms with Gasteiger partial charge in [-0.15, -0.1) is 0 Å². The van der Waals surface area contributed by atoms with Gasteiger partial charge in [-0.3, -0.25) is 0 Å². The van der Waals surface area contributed by atoms with Crippen LogP contribution in [0.3, 0.4) is 0 Å². The van der Waals surface area contributed by atoms with Crippen LogP contribution in [0.15, 0.2) is 36.4 Å². The largest absolute Gasteiger partial charge is 0.496 e. The summed E-state index contributed by atoms with van der Waals surface area (Å²) >= 11 is 0. The maximum Gasteiger partial charge on any atom is 0.328 e. The van der Waals surface area contributed by atoms with Crippen molar-refractivity contribution < 1.29 is 14.6 Å². The molecule has 4 heteroatoms. The fourth-order valence-electron chi connectivity index (χ4n) is 1.65. The van der Waals surface area contributed by atoms with E-state index < -0.39 is 5.97 Å². The number of likely N-dealkylation sites (N-methyl/N-ethyl adjacent to an activating group) is 1. The summed E-state index contributed by atoms with van der Waals surface area (Å²) in [6.07, 6.45) is 3.69. The number of rotatable bonds is 7. The van der Waals surface area contributed by atoms with E-state index in [4.69, 9.17) is 9.84 Å². The summed E-state index contributed by atoms with van der Waals surface area (Å²) < 4.78 is 5.28. The minimum atomic E-state index is -0.909. The van der Waals surface area contributed by atoms with Crippen molar-refractivity contribution in [2.45, 2.75) is 6.42 Å². The fourth-order valence-corrected chi connectivity index (χ4v) is 1.65.